The molecule has 160 valence electrons. The minimum Gasteiger partial charge on any atom is -0.462 e. The molecule has 3 heteroatoms. The smallest absolute Gasteiger partial charge is 0.333 e. The molecule has 0 aliphatic carbocycles. The van der Waals surface area contributed by atoms with E-state index < -0.39 is 0 Å². The molecule has 3 nitrogen and oxygen atoms in total. The second-order valence-corrected chi connectivity index (χ2v) is 7.77. The molecule has 0 unspecified atom stereocenters. The predicted octanol–water partition coefficient (Wildman–Crippen LogP) is 6.00. The second kappa shape index (κ2) is 11.3. The number of hydrogen-bond donors (Lipinski definition) is 1. The van der Waals surface area contributed by atoms with Gasteiger partial charge in [0.1, 0.15) is 0 Å². The molecule has 0 fully saturated rings. The monoisotopic (exact) mass is 414 g/mol. The summed E-state index contributed by atoms with van der Waals surface area (Å²) < 4.78 is 5.24. The van der Waals surface area contributed by atoms with Gasteiger partial charge in [0.2, 0.25) is 0 Å². The summed E-state index contributed by atoms with van der Waals surface area (Å²) in [6.07, 6.45) is 3.15. The Bertz CT molecular complexity index is 1000. The minimum absolute atomic E-state index is 0.179. The normalized spacial score (nSPS) is 10.6. The van der Waals surface area contributed by atoms with Gasteiger partial charge in [0.25, 0.3) is 0 Å². The largest absolute Gasteiger partial charge is 0.462 e. The van der Waals surface area contributed by atoms with Crippen LogP contribution in [0.15, 0.2) is 84.9 Å². The molecule has 3 aromatic rings. The number of rotatable bonds is 10. The molecule has 31 heavy (non-hydrogen) atoms. The summed E-state index contributed by atoms with van der Waals surface area (Å²) >= 11 is 0. The number of esters is 1. The average molecular weight is 415 g/mol. The highest BCUT2D eigenvalue weighted by atomic mass is 16.5. The van der Waals surface area contributed by atoms with Crippen LogP contribution in [0.5, 0.6) is 0 Å². The minimum atomic E-state index is -0.340. The Morgan fingerprint density at radius 1 is 0.806 bits per heavy atom. The highest BCUT2D eigenvalue weighted by molar-refractivity contribution is 5.86. The van der Waals surface area contributed by atoms with E-state index in [1.807, 2.05) is 18.2 Å². The van der Waals surface area contributed by atoms with Crippen LogP contribution in [-0.2, 0) is 22.4 Å². The first kappa shape index (κ1) is 22.5. The van der Waals surface area contributed by atoms with E-state index in [2.05, 4.69) is 61.2 Å². The van der Waals surface area contributed by atoms with Crippen molar-refractivity contribution in [3.8, 4) is 22.3 Å². The Morgan fingerprint density at radius 2 is 1.39 bits per heavy atom. The molecule has 0 aliphatic rings. The molecule has 3 rings (SSSR count). The van der Waals surface area contributed by atoms with Crippen molar-refractivity contribution >= 4 is 5.97 Å². The number of aliphatic hydroxyl groups is 1. The Kier molecular flexibility index (Phi) is 8.19. The fraction of sp³-hybridized carbons (Fsp3) is 0.250. The molecule has 0 saturated carbocycles. The van der Waals surface area contributed by atoms with E-state index in [1.165, 1.54) is 33.4 Å². The van der Waals surface area contributed by atoms with Crippen LogP contribution in [0.3, 0.4) is 0 Å². The van der Waals surface area contributed by atoms with Crippen molar-refractivity contribution in [2.24, 2.45) is 0 Å². The van der Waals surface area contributed by atoms with Crippen LogP contribution >= 0.6 is 0 Å². The van der Waals surface area contributed by atoms with Gasteiger partial charge >= 0.3 is 5.97 Å². The van der Waals surface area contributed by atoms with E-state index in [-0.39, 0.29) is 12.6 Å². The number of aliphatic hydroxyl groups excluding tert-OH is 1. The molecule has 0 aliphatic heterocycles. The van der Waals surface area contributed by atoms with Crippen molar-refractivity contribution in [1.82, 2.24) is 0 Å². The van der Waals surface area contributed by atoms with Gasteiger partial charge in [-0.2, -0.15) is 0 Å². The van der Waals surface area contributed by atoms with E-state index in [9.17, 15) is 9.90 Å². The highest BCUT2D eigenvalue weighted by Crippen LogP contribution is 2.27. The van der Waals surface area contributed by atoms with Gasteiger partial charge in [-0.05, 0) is 66.0 Å². The van der Waals surface area contributed by atoms with Gasteiger partial charge in [-0.1, -0.05) is 79.4 Å². The van der Waals surface area contributed by atoms with Gasteiger partial charge < -0.3 is 9.84 Å². The van der Waals surface area contributed by atoms with Crippen molar-refractivity contribution < 1.29 is 14.6 Å². The lowest BCUT2D eigenvalue weighted by Gasteiger charge is -2.13. The second-order valence-electron chi connectivity index (χ2n) is 7.77. The maximum Gasteiger partial charge on any atom is 0.333 e. The lowest BCUT2D eigenvalue weighted by Crippen LogP contribution is -2.07. The molecule has 0 amide bonds. The van der Waals surface area contributed by atoms with E-state index in [0.717, 1.165) is 25.7 Å². The summed E-state index contributed by atoms with van der Waals surface area (Å²) in [5.74, 6) is -0.340. The summed E-state index contributed by atoms with van der Waals surface area (Å²) in [6, 6.07) is 25.5. The molecule has 0 heterocycles. The molecule has 3 aromatic carbocycles. The summed E-state index contributed by atoms with van der Waals surface area (Å²) in [5, 5.41) is 9.23. The van der Waals surface area contributed by atoms with E-state index in [4.69, 9.17) is 4.74 Å². The van der Waals surface area contributed by atoms with Crippen molar-refractivity contribution in [2.45, 2.75) is 32.6 Å². The third-order valence-corrected chi connectivity index (χ3v) is 5.31. The number of ether oxygens (including phenoxy) is 1. The first-order valence-corrected chi connectivity index (χ1v) is 10.8. The lowest BCUT2D eigenvalue weighted by atomic mass is 9.93. The Labute approximate surface area is 185 Å². The number of carbonyl (C=O) groups excluding carboxylic acids is 1. The van der Waals surface area contributed by atoms with Crippen LogP contribution in [0.25, 0.3) is 22.3 Å². The first-order chi connectivity index (χ1) is 15.1. The Hall–Kier alpha value is -3.17. The van der Waals surface area contributed by atoms with Gasteiger partial charge in [-0.15, -0.1) is 0 Å². The Balaban J connectivity index is 1.75. The molecule has 0 aromatic heterocycles. The highest BCUT2D eigenvalue weighted by Gasteiger charge is 2.08. The zero-order valence-electron chi connectivity index (χ0n) is 18.1. The van der Waals surface area contributed by atoms with Crippen molar-refractivity contribution in [3.05, 3.63) is 96.1 Å². The van der Waals surface area contributed by atoms with Gasteiger partial charge in [0, 0.05) is 12.2 Å². The van der Waals surface area contributed by atoms with Crippen LogP contribution in [0.4, 0.5) is 0 Å². The molecule has 0 bridgehead atoms. The fourth-order valence-corrected chi connectivity index (χ4v) is 3.59. The SMILES string of the molecule is C=C(C)C(=O)OCCCc1cc(-c2ccc(-c3ccccc3)cc2)ccc1CCCO. The maximum absolute atomic E-state index is 11.6. The number of hydrogen-bond acceptors (Lipinski definition) is 3. The first-order valence-electron chi connectivity index (χ1n) is 10.8. The Morgan fingerprint density at radius 3 is 2.03 bits per heavy atom. The third kappa shape index (κ3) is 6.40. The zero-order chi connectivity index (χ0) is 22.1. The third-order valence-electron chi connectivity index (χ3n) is 5.31. The van der Waals surface area contributed by atoms with E-state index in [0.29, 0.717) is 12.2 Å². The van der Waals surface area contributed by atoms with Crippen LogP contribution < -0.4 is 0 Å². The van der Waals surface area contributed by atoms with Gasteiger partial charge in [0.05, 0.1) is 6.61 Å². The summed E-state index contributed by atoms with van der Waals surface area (Å²) in [4.78, 5) is 11.6. The lowest BCUT2D eigenvalue weighted by molar-refractivity contribution is -0.139. The van der Waals surface area contributed by atoms with E-state index >= 15 is 0 Å². The van der Waals surface area contributed by atoms with Crippen LogP contribution in [0.1, 0.15) is 30.9 Å². The van der Waals surface area contributed by atoms with Crippen LogP contribution in [-0.4, -0.2) is 24.3 Å². The number of carbonyl (C=O) groups is 1. The molecule has 0 saturated heterocycles. The maximum atomic E-state index is 11.6. The molecule has 0 atom stereocenters. The topological polar surface area (TPSA) is 46.5 Å². The molecular formula is C28H30O3. The van der Waals surface area contributed by atoms with Gasteiger partial charge in [0.15, 0.2) is 0 Å². The van der Waals surface area contributed by atoms with Crippen molar-refractivity contribution in [1.29, 1.82) is 0 Å². The molecular weight excluding hydrogens is 384 g/mol. The van der Waals surface area contributed by atoms with Crippen molar-refractivity contribution in [3.63, 3.8) is 0 Å². The molecule has 1 N–H and O–H groups in total. The number of aryl methyl sites for hydroxylation is 2. The standard InChI is InChI=1S/C28H30O3/c1-21(2)28(30)31-19-7-11-26-20-27(17-16-23(26)10-6-18-29)25-14-12-24(13-15-25)22-8-4-3-5-9-22/h3-5,8-9,12-17,20,29H,1,6-7,10-11,18-19H2,2H3. The summed E-state index contributed by atoms with van der Waals surface area (Å²) in [5.41, 5.74) is 7.64. The van der Waals surface area contributed by atoms with Crippen LogP contribution in [0, 0.1) is 0 Å². The predicted molar refractivity (Wildman–Crippen MR) is 127 cm³/mol. The average Bonchev–Trinajstić information content (AvgIpc) is 2.81. The van der Waals surface area contributed by atoms with Gasteiger partial charge in [-0.3, -0.25) is 0 Å². The van der Waals surface area contributed by atoms with Crippen molar-refractivity contribution in [2.75, 3.05) is 13.2 Å². The van der Waals surface area contributed by atoms with Gasteiger partial charge in [-0.25, -0.2) is 4.79 Å². The molecule has 0 spiro atoms. The van der Waals surface area contributed by atoms with Crippen LogP contribution in [0.2, 0.25) is 0 Å². The number of benzene rings is 3. The zero-order valence-corrected chi connectivity index (χ0v) is 18.1. The molecule has 0 radical (unpaired) electrons. The fourth-order valence-electron chi connectivity index (χ4n) is 3.59. The van der Waals surface area contributed by atoms with E-state index in [1.54, 1.807) is 6.92 Å². The summed E-state index contributed by atoms with van der Waals surface area (Å²) in [6.45, 7) is 5.82. The quantitative estimate of drug-likeness (QED) is 0.251. The summed E-state index contributed by atoms with van der Waals surface area (Å²) in [7, 11) is 0.